The average molecular weight is 493 g/mol. The number of carbonyl (C=O) groups is 5. The minimum absolute atomic E-state index is 0.0332. The van der Waals surface area contributed by atoms with E-state index >= 15 is 0 Å². The normalized spacial score (nSPS) is 12.3. The van der Waals surface area contributed by atoms with Crippen LogP contribution >= 0.6 is 0 Å². The third-order valence-corrected chi connectivity index (χ3v) is 4.84. The highest BCUT2D eigenvalue weighted by Gasteiger charge is 2.26. The number of esters is 2. The number of benzene rings is 1. The molecule has 1 heterocycles. The first kappa shape index (κ1) is 27.3. The molecule has 0 radical (unpaired) electrons. The van der Waals surface area contributed by atoms with Gasteiger partial charge in [-0.1, -0.05) is 0 Å². The molecule has 12 heteroatoms. The summed E-state index contributed by atoms with van der Waals surface area (Å²) >= 11 is 0. The molecule has 0 saturated carbocycles. The molecule has 0 unspecified atom stereocenters. The molecule has 190 valence electrons. The number of ether oxygens (including phenoxy) is 2. The molecule has 1 aromatic heterocycles. The van der Waals surface area contributed by atoms with Gasteiger partial charge in [0.1, 0.15) is 23.6 Å². The van der Waals surface area contributed by atoms with E-state index in [1.807, 2.05) is 0 Å². The molecule has 0 aliphatic heterocycles. The van der Waals surface area contributed by atoms with Crippen LogP contribution < -0.4 is 16.0 Å². The Morgan fingerprint density at radius 2 is 1.74 bits per heavy atom. The number of aromatic nitrogens is 1. The Morgan fingerprint density at radius 1 is 1.03 bits per heavy atom. The molecule has 2 rings (SSSR count). The zero-order chi connectivity index (χ0) is 26.0. The SMILES string of the molecule is CCOC(=O)CC[C@@H](NC(=O)[C@H](C)NC(=O)CNC(=O)c1cc2cc(F)ccc2[nH]1)C(=O)OCC. The predicted octanol–water partition coefficient (Wildman–Crippen LogP) is 0.933. The summed E-state index contributed by atoms with van der Waals surface area (Å²) in [5, 5.41) is 7.78. The number of halogens is 1. The van der Waals surface area contributed by atoms with Crippen molar-refractivity contribution in [1.82, 2.24) is 20.9 Å². The van der Waals surface area contributed by atoms with Gasteiger partial charge in [-0.25, -0.2) is 9.18 Å². The second-order valence-electron chi connectivity index (χ2n) is 7.54. The van der Waals surface area contributed by atoms with Crippen LogP contribution in [0.2, 0.25) is 0 Å². The van der Waals surface area contributed by atoms with E-state index in [4.69, 9.17) is 9.47 Å². The highest BCUT2D eigenvalue weighted by atomic mass is 19.1. The third kappa shape index (κ3) is 8.40. The lowest BCUT2D eigenvalue weighted by atomic mass is 10.1. The molecule has 35 heavy (non-hydrogen) atoms. The first-order valence-corrected chi connectivity index (χ1v) is 11.1. The third-order valence-electron chi connectivity index (χ3n) is 4.84. The first-order chi connectivity index (χ1) is 16.6. The topological polar surface area (TPSA) is 156 Å². The predicted molar refractivity (Wildman–Crippen MR) is 123 cm³/mol. The molecule has 0 aliphatic rings. The highest BCUT2D eigenvalue weighted by Crippen LogP contribution is 2.16. The monoisotopic (exact) mass is 492 g/mol. The van der Waals surface area contributed by atoms with Gasteiger partial charge < -0.3 is 30.4 Å². The lowest BCUT2D eigenvalue weighted by Gasteiger charge is -2.20. The van der Waals surface area contributed by atoms with Crippen molar-refractivity contribution in [1.29, 1.82) is 0 Å². The van der Waals surface area contributed by atoms with E-state index in [1.54, 1.807) is 13.8 Å². The fourth-order valence-corrected chi connectivity index (χ4v) is 3.12. The number of rotatable bonds is 12. The number of H-pyrrole nitrogens is 1. The maximum Gasteiger partial charge on any atom is 0.328 e. The standard InChI is InChI=1S/C23H29FN4O7/c1-4-34-20(30)9-8-17(23(33)35-5-2)28-21(31)13(3)26-19(29)12-25-22(32)18-11-14-10-15(24)6-7-16(14)27-18/h6-7,10-11,13,17,27H,4-5,8-9,12H2,1-3H3,(H,25,32)(H,26,29)(H,28,31)/t13-,17+/m0/s1. The van der Waals surface area contributed by atoms with Gasteiger partial charge in [-0.15, -0.1) is 0 Å². The summed E-state index contributed by atoms with van der Waals surface area (Å²) in [5.74, 6) is -3.59. The van der Waals surface area contributed by atoms with Gasteiger partial charge in [0.25, 0.3) is 5.91 Å². The Balaban J connectivity index is 1.86. The number of amides is 3. The maximum absolute atomic E-state index is 13.3. The van der Waals surface area contributed by atoms with Crippen molar-refractivity contribution in [2.75, 3.05) is 19.8 Å². The smallest absolute Gasteiger partial charge is 0.328 e. The molecule has 0 saturated heterocycles. The molecule has 0 spiro atoms. The Morgan fingerprint density at radius 3 is 2.43 bits per heavy atom. The lowest BCUT2D eigenvalue weighted by molar-refractivity contribution is -0.149. The number of carbonyl (C=O) groups excluding carboxylic acids is 5. The fourth-order valence-electron chi connectivity index (χ4n) is 3.12. The summed E-state index contributed by atoms with van der Waals surface area (Å²) in [6.07, 6.45) is -0.140. The van der Waals surface area contributed by atoms with Gasteiger partial charge in [-0.05, 0) is 51.5 Å². The van der Waals surface area contributed by atoms with Crippen molar-refractivity contribution in [2.24, 2.45) is 0 Å². The zero-order valence-corrected chi connectivity index (χ0v) is 19.7. The molecular formula is C23H29FN4O7. The minimum Gasteiger partial charge on any atom is -0.466 e. The van der Waals surface area contributed by atoms with Crippen molar-refractivity contribution in [2.45, 2.75) is 45.7 Å². The highest BCUT2D eigenvalue weighted by molar-refractivity contribution is 6.00. The number of fused-ring (bicyclic) bond motifs is 1. The number of hydrogen-bond acceptors (Lipinski definition) is 7. The zero-order valence-electron chi connectivity index (χ0n) is 19.7. The van der Waals surface area contributed by atoms with Crippen molar-refractivity contribution < 1.29 is 37.8 Å². The summed E-state index contributed by atoms with van der Waals surface area (Å²) in [6.45, 7) is 4.50. The second kappa shape index (κ2) is 13.1. The molecule has 0 fully saturated rings. The molecule has 2 atom stereocenters. The van der Waals surface area contributed by atoms with E-state index in [0.29, 0.717) is 10.9 Å². The maximum atomic E-state index is 13.3. The Hall–Kier alpha value is -3.96. The second-order valence-corrected chi connectivity index (χ2v) is 7.54. The molecular weight excluding hydrogens is 463 g/mol. The van der Waals surface area contributed by atoms with E-state index in [9.17, 15) is 28.4 Å². The minimum atomic E-state index is -1.10. The van der Waals surface area contributed by atoms with E-state index in [1.165, 1.54) is 31.2 Å². The van der Waals surface area contributed by atoms with Gasteiger partial charge in [0, 0.05) is 17.3 Å². The van der Waals surface area contributed by atoms with Crippen molar-refractivity contribution in [3.8, 4) is 0 Å². The number of nitrogens with one attached hydrogen (secondary N) is 4. The van der Waals surface area contributed by atoms with Gasteiger partial charge in [-0.2, -0.15) is 0 Å². The fraction of sp³-hybridized carbons (Fsp3) is 0.435. The van der Waals surface area contributed by atoms with Crippen molar-refractivity contribution >= 4 is 40.6 Å². The van der Waals surface area contributed by atoms with Crippen LogP contribution in [-0.4, -0.2) is 66.5 Å². The number of aromatic amines is 1. The molecule has 3 amide bonds. The van der Waals surface area contributed by atoms with E-state index in [0.717, 1.165) is 0 Å². The summed E-state index contributed by atoms with van der Waals surface area (Å²) in [4.78, 5) is 63.5. The van der Waals surface area contributed by atoms with E-state index in [2.05, 4.69) is 20.9 Å². The number of hydrogen-bond donors (Lipinski definition) is 4. The van der Waals surface area contributed by atoms with Crippen LogP contribution in [0.1, 0.15) is 44.1 Å². The van der Waals surface area contributed by atoms with Crippen LogP contribution in [0.15, 0.2) is 24.3 Å². The summed E-state index contributed by atoms with van der Waals surface area (Å²) in [7, 11) is 0. The molecule has 0 bridgehead atoms. The van der Waals surface area contributed by atoms with Gasteiger partial charge in [0.05, 0.1) is 19.8 Å². The van der Waals surface area contributed by atoms with Crippen molar-refractivity contribution in [3.05, 3.63) is 35.8 Å². The van der Waals surface area contributed by atoms with Crippen LogP contribution in [0.25, 0.3) is 10.9 Å². The molecule has 2 aromatic rings. The Labute approximate surface area is 201 Å². The van der Waals surface area contributed by atoms with Crippen LogP contribution in [0.3, 0.4) is 0 Å². The largest absolute Gasteiger partial charge is 0.466 e. The van der Waals surface area contributed by atoms with Crippen LogP contribution in [0.4, 0.5) is 4.39 Å². The lowest BCUT2D eigenvalue weighted by Crippen LogP contribution is -2.52. The van der Waals surface area contributed by atoms with Gasteiger partial charge in [-0.3, -0.25) is 19.2 Å². The van der Waals surface area contributed by atoms with Crippen molar-refractivity contribution in [3.63, 3.8) is 0 Å². The Kier molecular flexibility index (Phi) is 10.2. The van der Waals surface area contributed by atoms with Gasteiger partial charge in [0.15, 0.2) is 0 Å². The molecule has 1 aromatic carbocycles. The molecule has 4 N–H and O–H groups in total. The van der Waals surface area contributed by atoms with Crippen LogP contribution in [0.5, 0.6) is 0 Å². The van der Waals surface area contributed by atoms with E-state index < -0.39 is 54.1 Å². The quantitative estimate of drug-likeness (QED) is 0.321. The van der Waals surface area contributed by atoms with E-state index in [-0.39, 0.29) is 31.7 Å². The van der Waals surface area contributed by atoms with Gasteiger partial charge >= 0.3 is 11.9 Å². The van der Waals surface area contributed by atoms with Crippen LogP contribution in [-0.2, 0) is 28.7 Å². The average Bonchev–Trinajstić information content (AvgIpc) is 3.23. The first-order valence-electron chi connectivity index (χ1n) is 11.1. The molecule has 0 aliphatic carbocycles. The van der Waals surface area contributed by atoms with Gasteiger partial charge in [0.2, 0.25) is 11.8 Å². The summed E-state index contributed by atoms with van der Waals surface area (Å²) in [6, 6.07) is 3.32. The summed E-state index contributed by atoms with van der Waals surface area (Å²) < 4.78 is 23.1. The Bertz CT molecular complexity index is 1090. The summed E-state index contributed by atoms with van der Waals surface area (Å²) in [5.41, 5.74) is 0.702. The molecule has 11 nitrogen and oxygen atoms in total. The van der Waals surface area contributed by atoms with Crippen LogP contribution in [0, 0.1) is 5.82 Å².